The van der Waals surface area contributed by atoms with Crippen LogP contribution in [0, 0.1) is 6.92 Å². The Morgan fingerprint density at radius 2 is 1.76 bits per heavy atom. The molecule has 6 nitrogen and oxygen atoms in total. The molecule has 1 heterocycles. The fourth-order valence-corrected chi connectivity index (χ4v) is 4.01. The van der Waals surface area contributed by atoms with E-state index in [1.165, 1.54) is 6.07 Å². The Bertz CT molecular complexity index is 1410. The Morgan fingerprint density at radius 3 is 2.42 bits per heavy atom. The van der Waals surface area contributed by atoms with E-state index in [2.05, 4.69) is 0 Å². The van der Waals surface area contributed by atoms with E-state index in [-0.39, 0.29) is 17.9 Å². The van der Waals surface area contributed by atoms with Crippen LogP contribution in [0.1, 0.15) is 27.0 Å². The summed E-state index contributed by atoms with van der Waals surface area (Å²) >= 11 is 0. The van der Waals surface area contributed by atoms with Gasteiger partial charge in [-0.3, -0.25) is 4.79 Å². The summed E-state index contributed by atoms with van der Waals surface area (Å²) in [7, 11) is 0. The monoisotopic (exact) mass is 456 g/mol. The van der Waals surface area contributed by atoms with Crippen LogP contribution in [0.5, 0.6) is 5.75 Å². The molecule has 3 N–H and O–H groups in total. The maximum atomic E-state index is 13.2. The van der Waals surface area contributed by atoms with Gasteiger partial charge in [-0.15, -0.1) is 0 Å². The Kier molecular flexibility index (Phi) is 5.49. The van der Waals surface area contributed by atoms with E-state index in [4.69, 9.17) is 15.6 Å². The van der Waals surface area contributed by atoms with Gasteiger partial charge in [-0.25, -0.2) is 4.79 Å². The number of halogens is 3. The molecule has 3 aromatic carbocycles. The smallest absolute Gasteiger partial charge is 0.416 e. The number of hydrogen-bond donors (Lipinski definition) is 2. The number of aryl methyl sites for hydroxylation is 1. The van der Waals surface area contributed by atoms with Crippen LogP contribution in [-0.2, 0) is 17.5 Å². The summed E-state index contributed by atoms with van der Waals surface area (Å²) in [6.45, 7) is 1.26. The molecule has 0 fully saturated rings. The van der Waals surface area contributed by atoms with Gasteiger partial charge in [0.15, 0.2) is 6.61 Å². The third-order valence-electron chi connectivity index (χ3n) is 5.31. The molecule has 0 spiro atoms. The quantitative estimate of drug-likeness (QED) is 0.439. The lowest BCUT2D eigenvalue weighted by Gasteiger charge is -2.12. The van der Waals surface area contributed by atoms with Crippen LogP contribution in [0.25, 0.3) is 21.8 Å². The lowest BCUT2D eigenvalue weighted by atomic mass is 10.0. The van der Waals surface area contributed by atoms with Crippen molar-refractivity contribution in [3.05, 3.63) is 76.9 Å². The van der Waals surface area contributed by atoms with Crippen LogP contribution in [0.3, 0.4) is 0 Å². The van der Waals surface area contributed by atoms with Crippen LogP contribution in [-0.4, -0.2) is 28.2 Å². The van der Waals surface area contributed by atoms with Crippen molar-refractivity contribution in [2.45, 2.75) is 19.6 Å². The second-order valence-corrected chi connectivity index (χ2v) is 7.69. The van der Waals surface area contributed by atoms with Crippen molar-refractivity contribution in [1.82, 2.24) is 4.57 Å². The lowest BCUT2D eigenvalue weighted by molar-refractivity contribution is -0.139. The SMILES string of the molecule is Cc1cc(OCC(=O)O)c2c3c(C(N)=O)cccc3n(Cc3cccc(C(F)(F)F)c3)c2c1. The van der Waals surface area contributed by atoms with E-state index in [0.717, 1.165) is 17.7 Å². The average Bonchev–Trinajstić information content (AvgIpc) is 3.05. The highest BCUT2D eigenvalue weighted by atomic mass is 19.4. The number of hydrogen-bond acceptors (Lipinski definition) is 3. The highest BCUT2D eigenvalue weighted by molar-refractivity contribution is 6.19. The number of alkyl halides is 3. The van der Waals surface area contributed by atoms with Gasteiger partial charge >= 0.3 is 12.1 Å². The standard InChI is InChI=1S/C24H19F3N2O4/c1-13-8-18-22(19(9-13)33-12-20(30)31)21-16(23(28)32)6-3-7-17(21)29(18)11-14-4-2-5-15(10-14)24(25,26)27/h2-10H,11-12H2,1H3,(H2,28,32)(H,30,31). The number of fused-ring (bicyclic) bond motifs is 3. The van der Waals surface area contributed by atoms with Gasteiger partial charge in [0.05, 0.1) is 22.0 Å². The van der Waals surface area contributed by atoms with E-state index >= 15 is 0 Å². The average molecular weight is 456 g/mol. The number of carboxylic acids is 1. The van der Waals surface area contributed by atoms with Gasteiger partial charge in [0.25, 0.3) is 0 Å². The summed E-state index contributed by atoms with van der Waals surface area (Å²) in [5.74, 6) is -1.62. The van der Waals surface area contributed by atoms with Crippen LogP contribution in [0.15, 0.2) is 54.6 Å². The highest BCUT2D eigenvalue weighted by Gasteiger charge is 2.30. The van der Waals surface area contributed by atoms with E-state index < -0.39 is 30.2 Å². The van der Waals surface area contributed by atoms with Gasteiger partial charge in [0.2, 0.25) is 5.91 Å². The number of nitrogens with zero attached hydrogens (tertiary/aromatic N) is 1. The van der Waals surface area contributed by atoms with Crippen molar-refractivity contribution in [1.29, 1.82) is 0 Å². The predicted molar refractivity (Wildman–Crippen MR) is 116 cm³/mol. The minimum atomic E-state index is -4.48. The third kappa shape index (κ3) is 4.21. The first-order valence-corrected chi connectivity index (χ1v) is 9.92. The molecule has 0 radical (unpaired) electrons. The maximum Gasteiger partial charge on any atom is 0.416 e. The first kappa shape index (κ1) is 22.2. The Labute approximate surface area is 186 Å². The Balaban J connectivity index is 2.01. The minimum Gasteiger partial charge on any atom is -0.481 e. The number of rotatable bonds is 6. The molecular weight excluding hydrogens is 437 g/mol. The minimum absolute atomic E-state index is 0.0773. The predicted octanol–water partition coefficient (Wildman–Crippen LogP) is 4.73. The van der Waals surface area contributed by atoms with Crippen molar-refractivity contribution in [3.63, 3.8) is 0 Å². The number of carbonyl (C=O) groups excluding carboxylic acids is 1. The first-order valence-electron chi connectivity index (χ1n) is 9.92. The maximum absolute atomic E-state index is 13.2. The van der Waals surface area contributed by atoms with Gasteiger partial charge in [-0.1, -0.05) is 18.2 Å². The summed E-state index contributed by atoms with van der Waals surface area (Å²) in [6.07, 6.45) is -4.48. The van der Waals surface area contributed by atoms with Crippen molar-refractivity contribution < 1.29 is 32.6 Å². The summed E-state index contributed by atoms with van der Waals surface area (Å²) in [5.41, 5.74) is 7.32. The molecule has 0 unspecified atom stereocenters. The molecule has 1 amide bonds. The zero-order valence-electron chi connectivity index (χ0n) is 17.4. The molecule has 4 rings (SSSR count). The molecular formula is C24H19F3N2O4. The zero-order chi connectivity index (χ0) is 23.9. The van der Waals surface area contributed by atoms with Gasteiger partial charge in [0, 0.05) is 17.5 Å². The number of ether oxygens (including phenoxy) is 1. The largest absolute Gasteiger partial charge is 0.481 e. The summed E-state index contributed by atoms with van der Waals surface area (Å²) < 4.78 is 47.0. The first-order chi connectivity index (χ1) is 15.6. The summed E-state index contributed by atoms with van der Waals surface area (Å²) in [4.78, 5) is 23.3. The van der Waals surface area contributed by atoms with Gasteiger partial charge in [-0.05, 0) is 54.4 Å². The number of carbonyl (C=O) groups is 2. The lowest BCUT2D eigenvalue weighted by Crippen LogP contribution is -2.11. The molecule has 33 heavy (non-hydrogen) atoms. The molecule has 0 saturated carbocycles. The fourth-order valence-electron chi connectivity index (χ4n) is 4.01. The van der Waals surface area contributed by atoms with E-state index in [0.29, 0.717) is 27.4 Å². The molecule has 0 aliphatic heterocycles. The second-order valence-electron chi connectivity index (χ2n) is 7.69. The van der Waals surface area contributed by atoms with Gasteiger partial charge in [0.1, 0.15) is 5.75 Å². The van der Waals surface area contributed by atoms with Crippen molar-refractivity contribution in [2.24, 2.45) is 5.73 Å². The highest BCUT2D eigenvalue weighted by Crippen LogP contribution is 2.39. The summed E-state index contributed by atoms with van der Waals surface area (Å²) in [6, 6.07) is 13.4. The number of aliphatic carboxylic acids is 1. The number of benzene rings is 3. The molecule has 0 bridgehead atoms. The number of aromatic nitrogens is 1. The van der Waals surface area contributed by atoms with Crippen molar-refractivity contribution in [2.75, 3.05) is 6.61 Å². The molecule has 1 aromatic heterocycles. The molecule has 0 aliphatic rings. The Morgan fingerprint density at radius 1 is 1.03 bits per heavy atom. The van der Waals surface area contributed by atoms with Crippen molar-refractivity contribution >= 4 is 33.7 Å². The fraction of sp³-hybridized carbons (Fsp3) is 0.167. The molecule has 0 aliphatic carbocycles. The second kappa shape index (κ2) is 8.16. The normalized spacial score (nSPS) is 11.8. The van der Waals surface area contributed by atoms with Gasteiger partial charge in [-0.2, -0.15) is 13.2 Å². The van der Waals surface area contributed by atoms with Gasteiger partial charge < -0.3 is 20.1 Å². The van der Waals surface area contributed by atoms with Crippen LogP contribution in [0.2, 0.25) is 0 Å². The summed E-state index contributed by atoms with van der Waals surface area (Å²) in [5, 5.41) is 9.99. The molecule has 0 atom stereocenters. The van der Waals surface area contributed by atoms with Crippen LogP contribution in [0.4, 0.5) is 13.2 Å². The van der Waals surface area contributed by atoms with E-state index in [1.807, 2.05) is 0 Å². The van der Waals surface area contributed by atoms with Crippen LogP contribution < -0.4 is 10.5 Å². The zero-order valence-corrected chi connectivity index (χ0v) is 17.4. The molecule has 4 aromatic rings. The third-order valence-corrected chi connectivity index (χ3v) is 5.31. The number of carboxylic acid groups (broad SMARTS) is 1. The van der Waals surface area contributed by atoms with Crippen molar-refractivity contribution in [3.8, 4) is 5.75 Å². The van der Waals surface area contributed by atoms with Crippen LogP contribution >= 0.6 is 0 Å². The number of nitrogens with two attached hydrogens (primary N) is 1. The number of amides is 1. The molecule has 9 heteroatoms. The molecule has 0 saturated heterocycles. The molecule has 170 valence electrons. The topological polar surface area (TPSA) is 94.6 Å². The van der Waals surface area contributed by atoms with E-state index in [9.17, 15) is 22.8 Å². The van der Waals surface area contributed by atoms with E-state index in [1.54, 1.807) is 47.9 Å². The number of primary amides is 1. The Hall–Kier alpha value is -4.01.